The molecule has 4 heteroatoms. The average Bonchev–Trinajstić information content (AvgIpc) is 3.33. The molecule has 0 unspecified atom stereocenters. The Morgan fingerprint density at radius 1 is 0.933 bits per heavy atom. The van der Waals surface area contributed by atoms with Crippen LogP contribution in [0.25, 0.3) is 44.9 Å². The summed E-state index contributed by atoms with van der Waals surface area (Å²) < 4.78 is 2.37. The predicted octanol–water partition coefficient (Wildman–Crippen LogP) is 6.88. The molecule has 0 atom stereocenters. The highest BCUT2D eigenvalue weighted by Crippen LogP contribution is 2.42. The van der Waals surface area contributed by atoms with Crippen LogP contribution in [0.5, 0.6) is 0 Å². The molecule has 30 heavy (non-hydrogen) atoms. The second kappa shape index (κ2) is 6.61. The number of fused-ring (bicyclic) bond motifs is 5. The molecule has 146 valence electrons. The van der Waals surface area contributed by atoms with Crippen molar-refractivity contribution in [1.29, 1.82) is 0 Å². The van der Waals surface area contributed by atoms with Crippen molar-refractivity contribution in [3.8, 4) is 34.0 Å². The van der Waals surface area contributed by atoms with Crippen molar-refractivity contribution in [1.82, 2.24) is 14.5 Å². The number of H-pyrrole nitrogens is 1. The van der Waals surface area contributed by atoms with Crippen LogP contribution in [0.1, 0.15) is 11.1 Å². The first kappa shape index (κ1) is 17.5. The van der Waals surface area contributed by atoms with Crippen LogP contribution in [0.15, 0.2) is 72.8 Å². The molecule has 0 fully saturated rings. The van der Waals surface area contributed by atoms with Gasteiger partial charge in [-0.25, -0.2) is 4.98 Å². The van der Waals surface area contributed by atoms with Gasteiger partial charge in [0.15, 0.2) is 0 Å². The highest BCUT2D eigenvalue weighted by molar-refractivity contribution is 6.30. The van der Waals surface area contributed by atoms with Crippen LogP contribution in [-0.2, 0) is 13.0 Å². The first-order valence-corrected chi connectivity index (χ1v) is 10.6. The molecule has 1 aliphatic heterocycles. The minimum Gasteiger partial charge on any atom is -0.353 e. The number of aromatic nitrogens is 3. The van der Waals surface area contributed by atoms with Crippen molar-refractivity contribution in [2.45, 2.75) is 19.9 Å². The standard InChI is InChI=1S/C26H20ClN3/c1-16-5-4-6-18(15-16)26-29-23(17-9-11-19(27)12-10-17)25-24-21(13-14-30(25)26)20-7-2-3-8-22(20)28-24/h2-12,15,28H,13-14H2,1H3. The van der Waals surface area contributed by atoms with E-state index in [-0.39, 0.29) is 0 Å². The summed E-state index contributed by atoms with van der Waals surface area (Å²) in [5.41, 5.74) is 9.35. The summed E-state index contributed by atoms with van der Waals surface area (Å²) in [5.74, 6) is 1.02. The second-order valence-electron chi connectivity index (χ2n) is 7.93. The zero-order chi connectivity index (χ0) is 20.2. The molecular formula is C26H20ClN3. The predicted molar refractivity (Wildman–Crippen MR) is 124 cm³/mol. The van der Waals surface area contributed by atoms with Gasteiger partial charge in [-0.3, -0.25) is 0 Å². The van der Waals surface area contributed by atoms with Gasteiger partial charge in [0.2, 0.25) is 0 Å². The molecule has 5 aromatic rings. The molecular weight excluding hydrogens is 390 g/mol. The van der Waals surface area contributed by atoms with E-state index in [9.17, 15) is 0 Å². The van der Waals surface area contributed by atoms with Crippen LogP contribution in [-0.4, -0.2) is 14.5 Å². The van der Waals surface area contributed by atoms with Crippen molar-refractivity contribution in [2.24, 2.45) is 0 Å². The number of imidazole rings is 1. The molecule has 0 amide bonds. The molecule has 0 saturated carbocycles. The molecule has 3 nitrogen and oxygen atoms in total. The van der Waals surface area contributed by atoms with E-state index in [2.05, 4.69) is 77.1 Å². The summed E-state index contributed by atoms with van der Waals surface area (Å²) in [4.78, 5) is 8.86. The third-order valence-electron chi connectivity index (χ3n) is 6.00. The van der Waals surface area contributed by atoms with E-state index in [1.54, 1.807) is 0 Å². The Kier molecular flexibility index (Phi) is 3.87. The van der Waals surface area contributed by atoms with E-state index in [0.717, 1.165) is 46.3 Å². The van der Waals surface area contributed by atoms with Crippen LogP contribution < -0.4 is 0 Å². The number of nitrogens with zero attached hydrogens (tertiary/aromatic N) is 2. The smallest absolute Gasteiger partial charge is 0.141 e. The van der Waals surface area contributed by atoms with E-state index < -0.39 is 0 Å². The van der Waals surface area contributed by atoms with Gasteiger partial charge >= 0.3 is 0 Å². The fourth-order valence-corrected chi connectivity index (χ4v) is 4.75. The molecule has 3 heterocycles. The third kappa shape index (κ3) is 2.62. The molecule has 2 aromatic heterocycles. The van der Waals surface area contributed by atoms with Crippen LogP contribution in [0.2, 0.25) is 5.02 Å². The van der Waals surface area contributed by atoms with Crippen LogP contribution in [0.4, 0.5) is 0 Å². The maximum absolute atomic E-state index is 6.16. The number of rotatable bonds is 2. The van der Waals surface area contributed by atoms with E-state index in [1.165, 1.54) is 27.7 Å². The Labute approximate surface area is 180 Å². The van der Waals surface area contributed by atoms with Gasteiger partial charge in [-0.15, -0.1) is 0 Å². The first-order chi connectivity index (χ1) is 14.7. The molecule has 0 bridgehead atoms. The highest BCUT2D eigenvalue weighted by Gasteiger charge is 2.28. The van der Waals surface area contributed by atoms with Gasteiger partial charge in [0.1, 0.15) is 5.82 Å². The van der Waals surface area contributed by atoms with Crippen molar-refractivity contribution < 1.29 is 0 Å². The maximum atomic E-state index is 6.16. The number of hydrogen-bond acceptors (Lipinski definition) is 1. The van der Waals surface area contributed by atoms with Gasteiger partial charge < -0.3 is 9.55 Å². The summed E-state index contributed by atoms with van der Waals surface area (Å²) >= 11 is 6.16. The number of nitrogens with one attached hydrogen (secondary N) is 1. The zero-order valence-corrected chi connectivity index (χ0v) is 17.4. The fourth-order valence-electron chi connectivity index (χ4n) is 4.62. The monoisotopic (exact) mass is 409 g/mol. The lowest BCUT2D eigenvalue weighted by atomic mass is 9.99. The third-order valence-corrected chi connectivity index (χ3v) is 6.25. The molecule has 0 radical (unpaired) electrons. The zero-order valence-electron chi connectivity index (χ0n) is 16.6. The van der Waals surface area contributed by atoms with Crippen molar-refractivity contribution in [3.05, 3.63) is 88.9 Å². The van der Waals surface area contributed by atoms with Crippen molar-refractivity contribution >= 4 is 22.5 Å². The lowest BCUT2D eigenvalue weighted by Crippen LogP contribution is -2.11. The molecule has 0 spiro atoms. The maximum Gasteiger partial charge on any atom is 0.141 e. The number of benzene rings is 3. The van der Waals surface area contributed by atoms with Crippen molar-refractivity contribution in [3.63, 3.8) is 0 Å². The molecule has 0 aliphatic carbocycles. The summed E-state index contributed by atoms with van der Waals surface area (Å²) in [5, 5.41) is 2.04. The topological polar surface area (TPSA) is 33.6 Å². The minimum atomic E-state index is 0.733. The van der Waals surface area contributed by atoms with Crippen LogP contribution in [0, 0.1) is 6.92 Å². The van der Waals surface area contributed by atoms with Gasteiger partial charge in [-0.05, 0) is 43.2 Å². The second-order valence-corrected chi connectivity index (χ2v) is 8.37. The summed E-state index contributed by atoms with van der Waals surface area (Å²) in [6.45, 7) is 3.04. The lowest BCUT2D eigenvalue weighted by molar-refractivity contribution is 0.693. The molecule has 0 saturated heterocycles. The van der Waals surface area contributed by atoms with Gasteiger partial charge in [0.25, 0.3) is 0 Å². The van der Waals surface area contributed by atoms with Gasteiger partial charge in [0.05, 0.1) is 17.1 Å². The largest absolute Gasteiger partial charge is 0.353 e. The van der Waals surface area contributed by atoms with Crippen LogP contribution >= 0.6 is 11.6 Å². The minimum absolute atomic E-state index is 0.733. The van der Waals surface area contributed by atoms with E-state index in [4.69, 9.17) is 16.6 Å². The van der Waals surface area contributed by atoms with Gasteiger partial charge in [-0.1, -0.05) is 65.7 Å². The molecule has 1 aliphatic rings. The molecule has 6 rings (SSSR count). The lowest BCUT2D eigenvalue weighted by Gasteiger charge is -2.19. The van der Waals surface area contributed by atoms with Gasteiger partial charge in [-0.2, -0.15) is 0 Å². The van der Waals surface area contributed by atoms with E-state index in [1.807, 2.05) is 12.1 Å². The van der Waals surface area contributed by atoms with Crippen molar-refractivity contribution in [2.75, 3.05) is 0 Å². The average molecular weight is 410 g/mol. The first-order valence-electron chi connectivity index (χ1n) is 10.2. The molecule has 3 aromatic carbocycles. The summed E-state index contributed by atoms with van der Waals surface area (Å²) in [7, 11) is 0. The SMILES string of the molecule is Cc1cccc(-c2nc(-c3ccc(Cl)cc3)c3n2CCc2c-3[nH]c3ccccc23)c1. The Hall–Kier alpha value is -3.30. The number of para-hydroxylation sites is 1. The normalized spacial score (nSPS) is 12.7. The Balaban J connectivity index is 1.67. The summed E-state index contributed by atoms with van der Waals surface area (Å²) in [6.07, 6.45) is 0.988. The summed E-state index contributed by atoms with van der Waals surface area (Å²) in [6, 6.07) is 25.1. The van der Waals surface area contributed by atoms with Crippen LogP contribution in [0.3, 0.4) is 0 Å². The Bertz CT molecular complexity index is 1410. The van der Waals surface area contributed by atoms with E-state index in [0.29, 0.717) is 0 Å². The number of aryl methyl sites for hydroxylation is 2. The quantitative estimate of drug-likeness (QED) is 0.338. The highest BCUT2D eigenvalue weighted by atomic mass is 35.5. The van der Waals surface area contributed by atoms with Gasteiger partial charge in [0, 0.05) is 33.6 Å². The number of hydrogen-bond donors (Lipinski definition) is 1. The Morgan fingerprint density at radius 2 is 1.77 bits per heavy atom. The number of halogens is 1. The van der Waals surface area contributed by atoms with E-state index >= 15 is 0 Å². The Morgan fingerprint density at radius 3 is 2.60 bits per heavy atom. The fraction of sp³-hybridized carbons (Fsp3) is 0.115. The number of aromatic amines is 1. The molecule has 1 N–H and O–H groups in total.